The smallest absolute Gasteiger partial charge is 0.481 e. The van der Waals surface area contributed by atoms with Crippen LogP contribution in [0.4, 0.5) is 0 Å². The number of quaternary nitrogens is 1. The first kappa shape index (κ1) is 69.0. The number of amides is 8. The van der Waals surface area contributed by atoms with Gasteiger partial charge in [0.1, 0.15) is 54.4 Å². The van der Waals surface area contributed by atoms with Crippen LogP contribution in [-0.4, -0.2) is 194 Å². The molecule has 1 fully saturated rings. The lowest BCUT2D eigenvalue weighted by Crippen LogP contribution is -2.73. The van der Waals surface area contributed by atoms with Crippen molar-refractivity contribution in [3.8, 4) is 5.75 Å². The number of rotatable bonds is 34. The van der Waals surface area contributed by atoms with Crippen LogP contribution >= 0.6 is 8.17 Å². The zero-order valence-electron chi connectivity index (χ0n) is 45.0. The first-order valence-electron chi connectivity index (χ1n) is 25.5. The minimum Gasteiger partial charge on any atom is -0.481 e. The zero-order valence-corrected chi connectivity index (χ0v) is 45.9. The molecule has 0 unspecified atom stereocenters. The molecule has 0 aliphatic carbocycles. The van der Waals surface area contributed by atoms with Gasteiger partial charge in [-0.1, -0.05) is 39.8 Å². The summed E-state index contributed by atoms with van der Waals surface area (Å²) in [5, 5.41) is 74.8. The maximum Gasteiger partial charge on any atom is 0.613 e. The summed E-state index contributed by atoms with van der Waals surface area (Å²) in [5.74, 6) is -15.6. The minimum atomic E-state index is -4.79. The van der Waals surface area contributed by atoms with Crippen molar-refractivity contribution in [3.05, 3.63) is 29.8 Å². The summed E-state index contributed by atoms with van der Waals surface area (Å²) in [7, 11) is -4.79. The zero-order chi connectivity index (χ0) is 60.9. The van der Waals surface area contributed by atoms with Crippen LogP contribution in [0.25, 0.3) is 0 Å². The average Bonchev–Trinajstić information content (AvgIpc) is 3.84. The van der Waals surface area contributed by atoms with E-state index in [1.54, 1.807) is 27.7 Å². The number of carbonyl (C=O) groups is 12. The van der Waals surface area contributed by atoms with Gasteiger partial charge in [-0.25, -0.2) is 4.79 Å². The second-order valence-electron chi connectivity index (χ2n) is 20.1. The van der Waals surface area contributed by atoms with E-state index in [0.717, 1.165) is 24.0 Å². The van der Waals surface area contributed by atoms with E-state index in [2.05, 4.69) is 47.5 Å². The molecular weight excluding hydrogens is 1090 g/mol. The number of likely N-dealkylation sites (tertiary alicyclic amines) is 1. The molecule has 0 aromatic heterocycles. The van der Waals surface area contributed by atoms with Crippen molar-refractivity contribution in [1.82, 2.24) is 42.1 Å². The van der Waals surface area contributed by atoms with E-state index in [4.69, 9.17) is 5.11 Å². The van der Waals surface area contributed by atoms with E-state index >= 15 is 0 Å². The van der Waals surface area contributed by atoms with Crippen LogP contribution in [0.5, 0.6) is 5.75 Å². The van der Waals surface area contributed by atoms with E-state index in [1.807, 2.05) is 0 Å². The SMILES string of the molecule is CC(C)C[C@H](NC(=O)[C@H](CCC(=O)O)NC(=O)[C@H](Cc1ccc(O[P+](O)(O)O)cc1)NC(=O)[C@H](CC(=O)O)NC(=O)[C@@H]1CCCN1C(=O)[C@@H]([NH3+])[C@@H](C)O)C(=O)N[C@@H](CC(C)C)C(=O)N[C@H](C(=O)N[C@@H](CCC(=O)O)C(=O)O)[C@@H](C)O. The van der Waals surface area contributed by atoms with Gasteiger partial charge in [-0.15, -0.1) is 0 Å². The normalized spacial score (nSPS) is 17.1. The quantitative estimate of drug-likeness (QED) is 0.0289. The van der Waals surface area contributed by atoms with Crippen molar-refractivity contribution >= 4 is 79.3 Å². The highest BCUT2D eigenvalue weighted by molar-refractivity contribution is 7.53. The molecule has 1 aliphatic heterocycles. The topological polar surface area (TPSA) is 511 Å². The van der Waals surface area contributed by atoms with Gasteiger partial charge in [0.15, 0.2) is 11.8 Å². The number of aliphatic carboxylic acids is 4. The summed E-state index contributed by atoms with van der Waals surface area (Å²) in [6.45, 7) is 9.11. The molecule has 0 bridgehead atoms. The highest BCUT2D eigenvalue weighted by atomic mass is 31.2. The van der Waals surface area contributed by atoms with Crippen molar-refractivity contribution in [2.75, 3.05) is 6.54 Å². The fraction of sp³-hybridized carbons (Fsp3) is 0.625. The fourth-order valence-corrected chi connectivity index (χ4v) is 8.53. The van der Waals surface area contributed by atoms with Crippen molar-refractivity contribution in [2.24, 2.45) is 11.8 Å². The van der Waals surface area contributed by atoms with Crippen LogP contribution in [0.2, 0.25) is 0 Å². The highest BCUT2D eigenvalue weighted by Gasteiger charge is 2.42. The Morgan fingerprint density at radius 2 is 1.04 bits per heavy atom. The largest absolute Gasteiger partial charge is 0.613 e. The molecule has 80 heavy (non-hydrogen) atoms. The van der Waals surface area contributed by atoms with Gasteiger partial charge >= 0.3 is 32.0 Å². The molecule has 448 valence electrons. The van der Waals surface area contributed by atoms with Gasteiger partial charge < -0.3 is 78.5 Å². The molecule has 1 aliphatic rings. The number of carbonyl (C=O) groups excluding carboxylic acids is 8. The Kier molecular flexibility index (Phi) is 27.7. The van der Waals surface area contributed by atoms with Crippen molar-refractivity contribution in [3.63, 3.8) is 0 Å². The Morgan fingerprint density at radius 1 is 0.588 bits per heavy atom. The van der Waals surface area contributed by atoms with Crippen LogP contribution in [0.1, 0.15) is 105 Å². The Hall–Kier alpha value is -7.15. The number of benzene rings is 1. The molecule has 31 nitrogen and oxygen atoms in total. The fourth-order valence-electron chi connectivity index (χ4n) is 8.12. The Bertz CT molecular complexity index is 2370. The second kappa shape index (κ2) is 32.2. The maximum absolute atomic E-state index is 14.4. The number of nitrogens with one attached hydrogen (secondary N) is 7. The monoisotopic (exact) mass is 1160 g/mol. The van der Waals surface area contributed by atoms with Crippen LogP contribution < -0.4 is 47.5 Å². The van der Waals surface area contributed by atoms with Gasteiger partial charge in [0.05, 0.1) is 12.5 Å². The van der Waals surface area contributed by atoms with Crippen LogP contribution in [0.15, 0.2) is 24.3 Å². The lowest BCUT2D eigenvalue weighted by Gasteiger charge is -2.29. The number of hydrogen-bond acceptors (Lipinski definition) is 18. The molecule has 8 amide bonds. The van der Waals surface area contributed by atoms with Crippen LogP contribution in [0.3, 0.4) is 0 Å². The van der Waals surface area contributed by atoms with Gasteiger partial charge in [-0.2, -0.15) is 14.7 Å². The Labute approximate surface area is 459 Å². The molecule has 0 spiro atoms. The van der Waals surface area contributed by atoms with E-state index in [0.29, 0.717) is 6.42 Å². The molecule has 1 aromatic rings. The Morgan fingerprint density at radius 3 is 1.50 bits per heavy atom. The number of carboxylic acid groups (broad SMARTS) is 4. The third kappa shape index (κ3) is 24.1. The predicted octanol–water partition coefficient (Wildman–Crippen LogP) is -4.60. The molecule has 1 heterocycles. The van der Waals surface area contributed by atoms with Crippen molar-refractivity contribution in [2.45, 2.75) is 172 Å². The summed E-state index contributed by atoms with van der Waals surface area (Å²) in [6, 6.07) is -9.80. The highest BCUT2D eigenvalue weighted by Crippen LogP contribution is 2.46. The molecule has 19 N–H and O–H groups in total. The third-order valence-corrected chi connectivity index (χ3v) is 12.7. The maximum atomic E-state index is 14.4. The number of aliphatic hydroxyl groups is 2. The van der Waals surface area contributed by atoms with Gasteiger partial charge in [-0.3, -0.25) is 57.3 Å². The van der Waals surface area contributed by atoms with Crippen LogP contribution in [-0.2, 0) is 64.0 Å². The summed E-state index contributed by atoms with van der Waals surface area (Å²) in [5.41, 5.74) is 3.80. The van der Waals surface area contributed by atoms with Crippen molar-refractivity contribution < 1.29 is 113 Å². The summed E-state index contributed by atoms with van der Waals surface area (Å²) in [4.78, 5) is 187. The lowest BCUT2D eigenvalue weighted by molar-refractivity contribution is -0.421. The Balaban J connectivity index is 2.55. The molecular formula is C48H76N9O22P+2. The van der Waals surface area contributed by atoms with Gasteiger partial charge in [0.25, 0.3) is 5.91 Å². The summed E-state index contributed by atoms with van der Waals surface area (Å²) >= 11 is 0. The molecule has 0 radical (unpaired) electrons. The summed E-state index contributed by atoms with van der Waals surface area (Å²) in [6.07, 6.45) is -6.95. The standard InChI is InChI=1S/C48H74N9O22P/c1-22(2)18-30(41(67)53-31(19-23(3)4)44(70)56-39(25(6)59)46(72)51-29(48(74)75)14-16-36(62)63)52-40(66)28(13-15-35(60)61)50-42(68)32(20-26-9-11-27(12-10-26)79-80(76,77)78)54-43(69)33(21-37(64)65)55-45(71)34-8-7-17-57(34)47(73)38(49)24(5)58/h9-12,22-25,28-34,38-39,58-59,76-78H,7-8,13-21,49H2,1-6H3,(H10-,50,51,52,53,54,55,56,60,61,62,63,64,65,66,67,68,69,70,71,72,74,75)/p+2/t24-,25-,28+,29+,30+,31+,32+,33+,34+,38+,39+/m1/s1. The van der Waals surface area contributed by atoms with E-state index < -0.39 is 184 Å². The van der Waals surface area contributed by atoms with Gasteiger partial charge in [0, 0.05) is 25.8 Å². The number of carboxylic acids is 4. The number of nitrogens with zero attached hydrogens (tertiary/aromatic N) is 1. The lowest BCUT2D eigenvalue weighted by atomic mass is 9.99. The third-order valence-electron chi connectivity index (χ3n) is 12.3. The van der Waals surface area contributed by atoms with Crippen LogP contribution in [0, 0.1) is 11.8 Å². The predicted molar refractivity (Wildman–Crippen MR) is 275 cm³/mol. The molecule has 2 rings (SSSR count). The van der Waals surface area contributed by atoms with E-state index in [1.165, 1.54) is 19.1 Å². The van der Waals surface area contributed by atoms with E-state index in [9.17, 15) is 97.7 Å². The minimum absolute atomic E-state index is 0.0665. The summed E-state index contributed by atoms with van der Waals surface area (Å²) < 4.78 is 4.68. The molecule has 1 aromatic carbocycles. The number of hydrogen-bond donors (Lipinski definition) is 17. The van der Waals surface area contributed by atoms with Gasteiger partial charge in [0.2, 0.25) is 41.4 Å². The van der Waals surface area contributed by atoms with Gasteiger partial charge in [-0.05, 0) is 81.9 Å². The van der Waals surface area contributed by atoms with E-state index in [-0.39, 0.29) is 49.0 Å². The molecule has 1 saturated heterocycles. The average molecular weight is 1160 g/mol. The first-order valence-corrected chi connectivity index (χ1v) is 27.0. The molecule has 32 heteroatoms. The number of aliphatic hydroxyl groups excluding tert-OH is 2. The second-order valence-corrected chi connectivity index (χ2v) is 21.4. The first-order chi connectivity index (χ1) is 37.1. The molecule has 11 atom stereocenters. The van der Waals surface area contributed by atoms with Crippen molar-refractivity contribution in [1.29, 1.82) is 0 Å². The molecule has 0 saturated carbocycles.